The van der Waals surface area contributed by atoms with Crippen LogP contribution in [0.15, 0.2) is 76.5 Å². The number of aliphatic hydroxyl groups excluding tert-OH is 1. The van der Waals surface area contributed by atoms with Crippen molar-refractivity contribution in [3.05, 3.63) is 72.1 Å². The number of allylic oxidation sites excluding steroid dienone is 6. The number of nitrogens with zero attached hydrogens (tertiary/aromatic N) is 7. The molecule has 3 amide bonds. The fraction of sp³-hybridized carbons (Fsp3) is 0.693. The van der Waals surface area contributed by atoms with Crippen molar-refractivity contribution >= 4 is 75.2 Å². The molecular weight excluding hydrogens is 1580 g/mol. The minimum Gasteiger partial charge on any atom is -0.460 e. The molecule has 3 saturated heterocycles. The van der Waals surface area contributed by atoms with Crippen molar-refractivity contribution in [1.82, 2.24) is 39.8 Å². The van der Waals surface area contributed by atoms with Gasteiger partial charge >= 0.3 is 12.1 Å². The van der Waals surface area contributed by atoms with Crippen LogP contribution in [0.5, 0.6) is 0 Å². The Kier molecular flexibility index (Phi) is 40.2. The first kappa shape index (κ1) is 97.7. The number of likely N-dealkylation sites (tertiary alicyclic amines) is 1. The van der Waals surface area contributed by atoms with E-state index in [4.69, 9.17) is 87.3 Å². The molecule has 678 valence electrons. The molecule has 34 heteroatoms. The number of piperidine rings is 2. The van der Waals surface area contributed by atoms with Crippen molar-refractivity contribution in [2.45, 2.75) is 205 Å². The van der Waals surface area contributed by atoms with Crippen molar-refractivity contribution in [2.75, 3.05) is 165 Å². The summed E-state index contributed by atoms with van der Waals surface area (Å²) in [6.45, 7) is 19.7. The van der Waals surface area contributed by atoms with Gasteiger partial charge in [-0.3, -0.25) is 24.0 Å². The van der Waals surface area contributed by atoms with E-state index in [9.17, 15) is 43.8 Å². The summed E-state index contributed by atoms with van der Waals surface area (Å²) in [5, 5.41) is 32.1. The van der Waals surface area contributed by atoms with Gasteiger partial charge in [-0.05, 0) is 138 Å². The van der Waals surface area contributed by atoms with Crippen LogP contribution in [-0.4, -0.2) is 294 Å². The van der Waals surface area contributed by atoms with E-state index in [2.05, 4.69) is 20.3 Å². The zero-order valence-electron chi connectivity index (χ0n) is 72.8. The lowest BCUT2D eigenvalue weighted by Crippen LogP contribution is -2.61. The van der Waals surface area contributed by atoms with Crippen molar-refractivity contribution in [3.63, 3.8) is 0 Å². The van der Waals surface area contributed by atoms with Gasteiger partial charge in [0.05, 0.1) is 142 Å². The standard InChI is InChI=1S/C88H132N10O24/c1-56-16-12-11-13-17-57(2)72(108-8)53-66-22-19-62(7)88(107,122-66)81(103)84(104)97-29-15-14-18-68(97)85(105)119-73(54-69(99)58(3)49-61(6)79(102)80(110-10)78(101)60(5)48-56)59(4)50-63-20-23-71(74(51-63)109-9)121-87(106)91-28-33-112-35-37-114-39-41-116-43-45-118-47-46-117-44-42-115-40-38-113-36-34-111-32-27-75(100)96-30-25-65(26-31-96)98-83-76(82(89)92-55-93-83)77(95-98)64-21-24-70-67(52-64)94-86(90)120-70/h11-13,16-17,21,24,49,52,55-56,58-60,62-63,65-66,68,71-74,79-80,102,107H,14-15,18-20,22-23,25-48,50-51,53-54H2,1-10H3,(H2,90,94)(H,91,106)(H2,89,92,93)/b13-11+,16-12+,57-17+,61-49+/t56-,58-,59-,60-,62-,63+,66+,68+,71-,72+,73+,74-,79?,80+,88-/m1/s1. The Morgan fingerprint density at radius 1 is 0.705 bits per heavy atom. The van der Waals surface area contributed by atoms with E-state index in [-0.39, 0.29) is 86.7 Å². The largest absolute Gasteiger partial charge is 0.460 e. The number of benzene rings is 1. The minimum absolute atomic E-state index is 0.00426. The molecule has 4 fully saturated rings. The number of methoxy groups -OCH3 is 3. The third-order valence-electron chi connectivity index (χ3n) is 23.7. The summed E-state index contributed by atoms with van der Waals surface area (Å²) in [4.78, 5) is 114. The van der Waals surface area contributed by atoms with E-state index >= 15 is 0 Å². The van der Waals surface area contributed by atoms with Crippen LogP contribution in [0.2, 0.25) is 0 Å². The van der Waals surface area contributed by atoms with Gasteiger partial charge in [0.25, 0.3) is 17.7 Å². The second kappa shape index (κ2) is 50.2. The van der Waals surface area contributed by atoms with Gasteiger partial charge < -0.3 is 108 Å². The molecule has 4 aromatic rings. The summed E-state index contributed by atoms with van der Waals surface area (Å²) in [6.07, 6.45) is 12.4. The van der Waals surface area contributed by atoms with Crippen molar-refractivity contribution in [3.8, 4) is 11.3 Å². The van der Waals surface area contributed by atoms with E-state index in [1.807, 2.05) is 72.9 Å². The number of ether oxygens (including phenoxy) is 14. The summed E-state index contributed by atoms with van der Waals surface area (Å²) < 4.78 is 88.3. The Morgan fingerprint density at radius 2 is 1.35 bits per heavy atom. The number of nitrogen functional groups attached to an aromatic ring is 2. The lowest BCUT2D eigenvalue weighted by Gasteiger charge is -2.42. The number of anilines is 2. The number of nitrogens with one attached hydrogen (secondary N) is 1. The van der Waals surface area contributed by atoms with Crippen LogP contribution in [0.3, 0.4) is 0 Å². The molecule has 9 rings (SSSR count). The Bertz CT molecular complexity index is 4110. The van der Waals surface area contributed by atoms with Gasteiger partial charge in [0.15, 0.2) is 17.0 Å². The number of carbonyl (C=O) groups excluding carboxylic acids is 7. The number of oxazole rings is 1. The third-order valence-corrected chi connectivity index (χ3v) is 23.7. The first-order chi connectivity index (χ1) is 58.8. The molecule has 122 heavy (non-hydrogen) atoms. The smallest absolute Gasteiger partial charge is 0.407 e. The second-order valence-corrected chi connectivity index (χ2v) is 32.6. The number of cyclic esters (lactones) is 1. The normalized spacial score (nSPS) is 28.0. The topological polar surface area (TPSA) is 429 Å². The first-order valence-corrected chi connectivity index (χ1v) is 43.3. The molecule has 34 nitrogen and oxygen atoms in total. The maximum absolute atomic E-state index is 14.7. The number of hydrogen-bond donors (Lipinski definition) is 5. The van der Waals surface area contributed by atoms with Crippen LogP contribution >= 0.6 is 0 Å². The van der Waals surface area contributed by atoms with Crippen molar-refractivity contribution < 1.29 is 115 Å². The number of aliphatic hydroxyl groups is 2. The molecule has 0 spiro atoms. The third kappa shape index (κ3) is 28.7. The van der Waals surface area contributed by atoms with Crippen LogP contribution in [0.25, 0.3) is 33.4 Å². The molecule has 1 aromatic carbocycles. The van der Waals surface area contributed by atoms with E-state index in [1.54, 1.807) is 54.1 Å². The molecule has 5 aliphatic rings. The Morgan fingerprint density at radius 3 is 1.99 bits per heavy atom. The van der Waals surface area contributed by atoms with Crippen molar-refractivity contribution in [1.29, 1.82) is 0 Å². The molecule has 4 aliphatic heterocycles. The summed E-state index contributed by atoms with van der Waals surface area (Å²) in [5.74, 6) is -8.31. The quantitative estimate of drug-likeness (QED) is 0.0123. The van der Waals surface area contributed by atoms with E-state index in [1.165, 1.54) is 18.3 Å². The molecule has 1 unspecified atom stereocenters. The highest BCUT2D eigenvalue weighted by molar-refractivity contribution is 6.39. The van der Waals surface area contributed by atoms with Gasteiger partial charge in [-0.15, -0.1) is 0 Å². The van der Waals surface area contributed by atoms with Gasteiger partial charge in [-0.25, -0.2) is 24.2 Å². The van der Waals surface area contributed by atoms with Gasteiger partial charge in [-0.2, -0.15) is 10.1 Å². The number of fused-ring (bicyclic) bond motifs is 5. The maximum Gasteiger partial charge on any atom is 0.407 e. The molecular formula is C88H132N10O24. The Labute approximate surface area is 715 Å². The Hall–Kier alpha value is -8.07. The fourth-order valence-electron chi connectivity index (χ4n) is 16.5. The Balaban J connectivity index is 0.604. The number of carbonyl (C=O) groups is 7. The lowest BCUT2D eigenvalue weighted by atomic mass is 9.78. The van der Waals surface area contributed by atoms with Crippen LogP contribution in [-0.2, 0) is 95.1 Å². The number of esters is 1. The van der Waals surface area contributed by atoms with Gasteiger partial charge in [0.2, 0.25) is 11.7 Å². The SMILES string of the molecule is CO[C@H]1C[C@@H]2CC[C@@H](C)[C@@](O)(O2)C(=O)C(=O)N2CCCC[C@H]2C(=O)O[C@H]([C@H](C)C[C@@H]2CC[C@@H](OC(=O)NCCOCCOCCOCCOCCOCCOCCOCCOCCC(=O)N3CCC(n4nc(-c5ccc6oc(N)nc6c5)c5c(N)ncnc54)CC3)[C@H](OC)C2)CC(=O)[C@H](C)/C=C(\C)C(O)[C@@H](OC)C(=O)[C@H](C)C[C@H](C)/C=C/C=C/C=C/1C. The monoisotopic (exact) mass is 1710 g/mol. The number of alkyl carbamates (subject to hydrolysis) is 1. The van der Waals surface area contributed by atoms with Crippen LogP contribution in [0.4, 0.5) is 16.6 Å². The lowest BCUT2D eigenvalue weighted by molar-refractivity contribution is -0.265. The summed E-state index contributed by atoms with van der Waals surface area (Å²) in [5.41, 5.74) is 16.6. The predicted octanol–water partition coefficient (Wildman–Crippen LogP) is 8.41. The summed E-state index contributed by atoms with van der Waals surface area (Å²) in [7, 11) is 4.49. The average Bonchev–Trinajstić information content (AvgIpc) is 1.56. The average molecular weight is 1710 g/mol. The van der Waals surface area contributed by atoms with Crippen LogP contribution in [0.1, 0.15) is 151 Å². The molecule has 3 aromatic heterocycles. The molecule has 1 aliphatic carbocycles. The zero-order chi connectivity index (χ0) is 87.7. The van der Waals surface area contributed by atoms with Gasteiger partial charge in [-0.1, -0.05) is 71.1 Å². The molecule has 1 saturated carbocycles. The van der Waals surface area contributed by atoms with E-state index < -0.39 is 102 Å². The zero-order valence-corrected chi connectivity index (χ0v) is 72.8. The summed E-state index contributed by atoms with van der Waals surface area (Å²) in [6, 6.07) is 4.39. The maximum atomic E-state index is 14.7. The van der Waals surface area contributed by atoms with Gasteiger partial charge in [0.1, 0.15) is 59.6 Å². The highest BCUT2D eigenvalue weighted by Crippen LogP contribution is 2.40. The number of hydrogen-bond acceptors (Lipinski definition) is 30. The number of aromatic nitrogens is 5. The molecule has 15 atom stereocenters. The molecule has 7 N–H and O–H groups in total. The van der Waals surface area contributed by atoms with Crippen LogP contribution < -0.4 is 16.8 Å². The molecule has 0 radical (unpaired) electrons. The number of ketones is 3. The fourth-order valence-corrected chi connectivity index (χ4v) is 16.5. The highest BCUT2D eigenvalue weighted by Gasteiger charge is 2.53. The minimum atomic E-state index is -2.48. The molecule has 2 bridgehead atoms. The number of rotatable bonds is 36. The van der Waals surface area contributed by atoms with Gasteiger partial charge in [0, 0.05) is 83.7 Å². The number of amides is 3. The van der Waals surface area contributed by atoms with E-state index in [0.29, 0.717) is 222 Å². The number of Topliss-reactive ketones (excluding diaryl/α,β-unsaturated/α-hetero) is 3. The number of nitrogens with two attached hydrogens (primary N) is 2. The van der Waals surface area contributed by atoms with Crippen LogP contribution in [0, 0.1) is 35.5 Å². The van der Waals surface area contributed by atoms with Crippen molar-refractivity contribution in [2.24, 2.45) is 35.5 Å². The predicted molar refractivity (Wildman–Crippen MR) is 451 cm³/mol. The summed E-state index contributed by atoms with van der Waals surface area (Å²) >= 11 is 0. The van der Waals surface area contributed by atoms with E-state index in [0.717, 1.165) is 11.1 Å². The molecule has 7 heterocycles. The highest BCUT2D eigenvalue weighted by atomic mass is 16.6. The first-order valence-electron chi connectivity index (χ1n) is 43.3. The second-order valence-electron chi connectivity index (χ2n) is 32.6.